The fourth-order valence-corrected chi connectivity index (χ4v) is 2.54. The number of methoxy groups -OCH3 is 1. The average molecular weight is 327 g/mol. The number of carbonyl (C=O) groups excluding carboxylic acids is 1. The van der Waals surface area contributed by atoms with Crippen molar-refractivity contribution in [1.82, 2.24) is 19.7 Å². The number of pyridine rings is 2. The minimum atomic E-state index is -0.343. The van der Waals surface area contributed by atoms with Crippen molar-refractivity contribution < 1.29 is 9.53 Å². The topological polar surface area (TPSA) is 93.1 Å². The Bertz CT molecular complexity index is 972. The highest BCUT2D eigenvalue weighted by atomic mass is 16.5. The van der Waals surface area contributed by atoms with Gasteiger partial charge in [-0.15, -0.1) is 0 Å². The fourth-order valence-electron chi connectivity index (χ4n) is 2.54. The van der Waals surface area contributed by atoms with Crippen LogP contribution >= 0.6 is 0 Å². The number of H-pyrrole nitrogens is 1. The Morgan fingerprint density at radius 2 is 2.12 bits per heavy atom. The first kappa shape index (κ1) is 15.7. The molecule has 3 aromatic rings. The summed E-state index contributed by atoms with van der Waals surface area (Å²) in [6, 6.07) is 5.01. The van der Waals surface area contributed by atoms with E-state index in [0.29, 0.717) is 28.5 Å². The summed E-state index contributed by atoms with van der Waals surface area (Å²) in [5.74, 6) is 0.149. The molecule has 0 aliphatic heterocycles. The summed E-state index contributed by atoms with van der Waals surface area (Å²) >= 11 is 0. The zero-order valence-electron chi connectivity index (χ0n) is 13.8. The van der Waals surface area contributed by atoms with Crippen LogP contribution in [0.25, 0.3) is 11.0 Å². The van der Waals surface area contributed by atoms with E-state index in [1.807, 2.05) is 0 Å². The summed E-state index contributed by atoms with van der Waals surface area (Å²) in [7, 11) is 4.83. The van der Waals surface area contributed by atoms with Crippen LogP contribution in [-0.4, -0.2) is 39.8 Å². The van der Waals surface area contributed by atoms with Gasteiger partial charge in [-0.1, -0.05) is 0 Å². The van der Waals surface area contributed by atoms with Crippen LogP contribution < -0.4 is 15.2 Å². The molecule has 0 radical (unpaired) electrons. The van der Waals surface area contributed by atoms with E-state index in [0.717, 1.165) is 0 Å². The molecule has 3 heterocycles. The zero-order valence-corrected chi connectivity index (χ0v) is 13.8. The minimum absolute atomic E-state index is 0.279. The molecule has 3 rings (SSSR count). The second-order valence-electron chi connectivity index (χ2n) is 5.43. The number of hydrogen-bond acceptors (Lipinski definition) is 5. The number of anilines is 1. The number of hydrogen-bond donors (Lipinski definition) is 1. The van der Waals surface area contributed by atoms with Crippen molar-refractivity contribution >= 4 is 22.6 Å². The van der Waals surface area contributed by atoms with Gasteiger partial charge in [0.2, 0.25) is 5.88 Å². The van der Waals surface area contributed by atoms with Gasteiger partial charge in [0.1, 0.15) is 0 Å². The van der Waals surface area contributed by atoms with E-state index in [9.17, 15) is 9.59 Å². The van der Waals surface area contributed by atoms with Gasteiger partial charge in [-0.2, -0.15) is 0 Å². The van der Waals surface area contributed by atoms with E-state index in [-0.39, 0.29) is 16.9 Å². The number of fused-ring (bicyclic) bond motifs is 1. The highest BCUT2D eigenvalue weighted by molar-refractivity contribution is 6.12. The monoisotopic (exact) mass is 327 g/mol. The molecule has 24 heavy (non-hydrogen) atoms. The molecule has 1 amide bonds. The molecule has 0 saturated heterocycles. The quantitative estimate of drug-likeness (QED) is 0.781. The summed E-state index contributed by atoms with van der Waals surface area (Å²) < 4.78 is 6.53. The van der Waals surface area contributed by atoms with E-state index >= 15 is 0 Å². The number of amides is 1. The number of carbonyl (C=O) groups is 1. The van der Waals surface area contributed by atoms with Gasteiger partial charge in [-0.25, -0.2) is 9.97 Å². The molecule has 0 unspecified atom stereocenters. The number of aromatic nitrogens is 4. The molecule has 0 aliphatic carbocycles. The molecule has 124 valence electrons. The molecule has 0 bridgehead atoms. The molecular formula is C16H17N5O3. The molecule has 8 nitrogen and oxygen atoms in total. The van der Waals surface area contributed by atoms with E-state index in [1.165, 1.54) is 22.9 Å². The number of ether oxygens (including phenoxy) is 1. The first-order chi connectivity index (χ1) is 11.4. The number of aryl methyl sites for hydroxylation is 2. The fraction of sp³-hybridized carbons (Fsp3) is 0.250. The summed E-state index contributed by atoms with van der Waals surface area (Å²) in [6.45, 7) is 1.78. The van der Waals surface area contributed by atoms with Crippen molar-refractivity contribution in [3.8, 4) is 5.88 Å². The van der Waals surface area contributed by atoms with E-state index < -0.39 is 0 Å². The summed E-state index contributed by atoms with van der Waals surface area (Å²) in [4.78, 5) is 34.9. The van der Waals surface area contributed by atoms with Crippen molar-refractivity contribution in [3.05, 3.63) is 46.0 Å². The molecule has 3 aromatic heterocycles. The standard InChI is InChI=1S/C16H17N5O3/c1-9-7-11(13-14(18-9)21(3)19-15(13)22)16(23)20(2)10-5-6-12(24-4)17-8-10/h5-8H,1-4H3,(H,19,22). The maximum Gasteiger partial charge on any atom is 0.274 e. The predicted molar refractivity (Wildman–Crippen MR) is 89.6 cm³/mol. The Kier molecular flexibility index (Phi) is 3.80. The summed E-state index contributed by atoms with van der Waals surface area (Å²) in [5.41, 5.74) is 1.66. The van der Waals surface area contributed by atoms with Crippen molar-refractivity contribution in [1.29, 1.82) is 0 Å². The van der Waals surface area contributed by atoms with Crippen LogP contribution in [0.1, 0.15) is 16.1 Å². The third-order valence-electron chi connectivity index (χ3n) is 3.79. The highest BCUT2D eigenvalue weighted by Gasteiger charge is 2.21. The van der Waals surface area contributed by atoms with Crippen LogP contribution in [0.4, 0.5) is 5.69 Å². The van der Waals surface area contributed by atoms with Crippen molar-refractivity contribution in [2.45, 2.75) is 6.92 Å². The molecule has 0 aliphatic rings. The van der Waals surface area contributed by atoms with Crippen LogP contribution in [0.5, 0.6) is 5.88 Å². The maximum atomic E-state index is 12.9. The number of rotatable bonds is 3. The summed E-state index contributed by atoms with van der Waals surface area (Å²) in [6.07, 6.45) is 1.54. The number of nitrogens with one attached hydrogen (secondary N) is 1. The lowest BCUT2D eigenvalue weighted by Crippen LogP contribution is -2.27. The minimum Gasteiger partial charge on any atom is -0.481 e. The van der Waals surface area contributed by atoms with Crippen LogP contribution in [0.2, 0.25) is 0 Å². The second kappa shape index (κ2) is 5.80. The first-order valence-electron chi connectivity index (χ1n) is 7.27. The van der Waals surface area contributed by atoms with Crippen LogP contribution in [0.3, 0.4) is 0 Å². The predicted octanol–water partition coefficient (Wildman–Crippen LogP) is 1.25. The SMILES string of the molecule is COc1ccc(N(C)C(=O)c2cc(C)nc3c2c(=O)[nH]n3C)cn1. The largest absolute Gasteiger partial charge is 0.481 e. The molecular weight excluding hydrogens is 310 g/mol. The zero-order chi connectivity index (χ0) is 17.4. The molecule has 8 heteroatoms. The normalized spacial score (nSPS) is 10.8. The van der Waals surface area contributed by atoms with Gasteiger partial charge in [0.25, 0.3) is 11.5 Å². The molecule has 1 N–H and O–H groups in total. The molecule has 0 spiro atoms. The Hall–Kier alpha value is -3.16. The van der Waals surface area contributed by atoms with Gasteiger partial charge in [0.15, 0.2) is 5.65 Å². The lowest BCUT2D eigenvalue weighted by molar-refractivity contribution is 0.0994. The van der Waals surface area contributed by atoms with Crippen molar-refractivity contribution in [2.24, 2.45) is 7.05 Å². The van der Waals surface area contributed by atoms with Crippen LogP contribution in [0, 0.1) is 6.92 Å². The Morgan fingerprint density at radius 1 is 1.38 bits per heavy atom. The lowest BCUT2D eigenvalue weighted by Gasteiger charge is -2.17. The first-order valence-corrected chi connectivity index (χ1v) is 7.27. The highest BCUT2D eigenvalue weighted by Crippen LogP contribution is 2.20. The number of aromatic amines is 1. The van der Waals surface area contributed by atoms with Gasteiger partial charge in [0, 0.05) is 25.9 Å². The van der Waals surface area contributed by atoms with Gasteiger partial charge >= 0.3 is 0 Å². The summed E-state index contributed by atoms with van der Waals surface area (Å²) in [5, 5.41) is 2.91. The molecule has 0 saturated carbocycles. The van der Waals surface area contributed by atoms with E-state index in [4.69, 9.17) is 4.74 Å². The Labute approximate surface area is 137 Å². The smallest absolute Gasteiger partial charge is 0.274 e. The third kappa shape index (κ3) is 2.51. The van der Waals surface area contributed by atoms with E-state index in [2.05, 4.69) is 15.1 Å². The van der Waals surface area contributed by atoms with Crippen LogP contribution in [-0.2, 0) is 7.05 Å². The molecule has 0 fully saturated rings. The number of nitrogens with zero attached hydrogens (tertiary/aromatic N) is 4. The second-order valence-corrected chi connectivity index (χ2v) is 5.43. The van der Waals surface area contributed by atoms with Gasteiger partial charge in [-0.3, -0.25) is 19.4 Å². The van der Waals surface area contributed by atoms with Gasteiger partial charge in [-0.05, 0) is 19.1 Å². The Morgan fingerprint density at radius 3 is 2.75 bits per heavy atom. The van der Waals surface area contributed by atoms with Crippen molar-refractivity contribution in [2.75, 3.05) is 19.1 Å². The molecule has 0 atom stereocenters. The van der Waals surface area contributed by atoms with Gasteiger partial charge < -0.3 is 9.64 Å². The average Bonchev–Trinajstić information content (AvgIpc) is 2.87. The van der Waals surface area contributed by atoms with Crippen LogP contribution in [0.15, 0.2) is 29.2 Å². The van der Waals surface area contributed by atoms with Crippen molar-refractivity contribution in [3.63, 3.8) is 0 Å². The maximum absolute atomic E-state index is 12.9. The third-order valence-corrected chi connectivity index (χ3v) is 3.79. The molecule has 0 aromatic carbocycles. The van der Waals surface area contributed by atoms with E-state index in [1.54, 1.807) is 39.2 Å². The lowest BCUT2D eigenvalue weighted by atomic mass is 10.1. The Balaban J connectivity index is 2.09. The van der Waals surface area contributed by atoms with Gasteiger partial charge in [0.05, 0.1) is 29.9 Å².